The number of phenols is 1. The van der Waals surface area contributed by atoms with Crippen molar-refractivity contribution >= 4 is 50.7 Å². The van der Waals surface area contributed by atoms with Gasteiger partial charge in [-0.25, -0.2) is 0 Å². The monoisotopic (exact) mass is 635 g/mol. The summed E-state index contributed by atoms with van der Waals surface area (Å²) in [6, 6.07) is 18.9. The maximum Gasteiger partial charge on any atom is 0.234 e. The first-order valence-electron chi connectivity index (χ1n) is 13.9. The molecule has 3 aromatic rings. The van der Waals surface area contributed by atoms with Crippen LogP contribution in [-0.4, -0.2) is 44.7 Å². The van der Waals surface area contributed by atoms with Gasteiger partial charge in [-0.05, 0) is 78.1 Å². The van der Waals surface area contributed by atoms with E-state index in [9.17, 15) is 24.9 Å². The zero-order valence-electron chi connectivity index (χ0n) is 22.9. The van der Waals surface area contributed by atoms with E-state index in [0.29, 0.717) is 36.8 Å². The van der Waals surface area contributed by atoms with Crippen LogP contribution in [0, 0.1) is 17.8 Å². The van der Waals surface area contributed by atoms with E-state index in [1.165, 1.54) is 16.2 Å². The number of aliphatic hydroxyl groups is 2. The number of nitrogens with zero attached hydrogens (tertiary/aromatic N) is 1. The molecule has 1 saturated heterocycles. The molecule has 1 aliphatic carbocycles. The molecule has 4 atom stereocenters. The van der Waals surface area contributed by atoms with Crippen molar-refractivity contribution in [3.8, 4) is 5.75 Å². The number of aromatic hydroxyl groups is 1. The largest absolute Gasteiger partial charge is 0.507 e. The highest BCUT2D eigenvalue weighted by atomic mass is 79.9. The van der Waals surface area contributed by atoms with E-state index >= 15 is 0 Å². The van der Waals surface area contributed by atoms with Crippen molar-refractivity contribution in [2.24, 2.45) is 17.8 Å². The Morgan fingerprint density at radius 1 is 1.12 bits per heavy atom. The predicted molar refractivity (Wildman–Crippen MR) is 165 cm³/mol. The molecule has 2 amide bonds. The van der Waals surface area contributed by atoms with Crippen LogP contribution in [0.15, 0.2) is 81.7 Å². The minimum absolute atomic E-state index is 0.160. The van der Waals surface area contributed by atoms with Crippen molar-refractivity contribution in [3.63, 3.8) is 0 Å². The molecule has 2 heterocycles. The highest BCUT2D eigenvalue weighted by Crippen LogP contribution is 2.47. The van der Waals surface area contributed by atoms with E-state index < -0.39 is 23.9 Å². The lowest BCUT2D eigenvalue weighted by Gasteiger charge is -2.36. The van der Waals surface area contributed by atoms with Gasteiger partial charge < -0.3 is 15.3 Å². The van der Waals surface area contributed by atoms with E-state index in [4.69, 9.17) is 0 Å². The summed E-state index contributed by atoms with van der Waals surface area (Å²) in [4.78, 5) is 29.2. The maximum atomic E-state index is 13.6. The molecule has 0 spiro atoms. The topological polar surface area (TPSA) is 98.1 Å². The number of likely N-dealkylation sites (tertiary alicyclic amines) is 1. The SMILES string of the molecule is CCC1=C([C@H](O)CC/C(=C/c2cc(Br)ccc2O)c2ccccc2)[C@H](CO)[C@@H]2C(=O)N(Cc3cccs3)C(=O)[C@@H]2C1. The minimum atomic E-state index is -0.888. The Hall–Kier alpha value is -3.04. The highest BCUT2D eigenvalue weighted by Gasteiger charge is 2.54. The summed E-state index contributed by atoms with van der Waals surface area (Å²) < 4.78 is 0.846. The van der Waals surface area contributed by atoms with Crippen molar-refractivity contribution in [3.05, 3.63) is 97.7 Å². The van der Waals surface area contributed by atoms with Crippen LogP contribution in [0.2, 0.25) is 0 Å². The lowest BCUT2D eigenvalue weighted by molar-refractivity contribution is -0.140. The van der Waals surface area contributed by atoms with Crippen molar-refractivity contribution in [1.82, 2.24) is 4.90 Å². The first-order chi connectivity index (χ1) is 19.8. The maximum absolute atomic E-state index is 13.6. The fourth-order valence-corrected chi connectivity index (χ4v) is 7.38. The number of hydrogen-bond acceptors (Lipinski definition) is 6. The standard InChI is InChI=1S/C33H34BrNO5S/c1-2-20-17-26-31(33(40)35(32(26)39)18-25-9-6-14-41-25)27(19-36)30(20)29(38)12-10-22(21-7-4-3-5-8-21)15-23-16-24(34)11-13-28(23)37/h3-9,11,13-16,26-27,29,31,36-38H,2,10,12,17-19H2,1H3/b22-15-/t26-,27+,29-,31-/m1/s1. The number of imide groups is 1. The van der Waals surface area contributed by atoms with Crippen molar-refractivity contribution in [1.29, 1.82) is 0 Å². The molecule has 5 rings (SSSR count). The molecule has 1 fully saturated rings. The number of thiophene rings is 1. The zero-order valence-corrected chi connectivity index (χ0v) is 25.3. The third-order valence-electron chi connectivity index (χ3n) is 8.30. The summed E-state index contributed by atoms with van der Waals surface area (Å²) in [7, 11) is 0. The number of halogens is 1. The fourth-order valence-electron chi connectivity index (χ4n) is 6.31. The van der Waals surface area contributed by atoms with Gasteiger partial charge in [0.25, 0.3) is 0 Å². The van der Waals surface area contributed by atoms with E-state index in [2.05, 4.69) is 15.9 Å². The Labute approximate surface area is 252 Å². The molecule has 2 aromatic carbocycles. The number of fused-ring (bicyclic) bond motifs is 1. The summed E-state index contributed by atoms with van der Waals surface area (Å²) in [6.45, 7) is 1.93. The number of amides is 2. The molecule has 0 saturated carbocycles. The molecule has 2 aliphatic rings. The van der Waals surface area contributed by atoms with Crippen molar-refractivity contribution in [2.45, 2.75) is 45.3 Å². The molecule has 214 valence electrons. The van der Waals surface area contributed by atoms with Gasteiger partial charge >= 0.3 is 0 Å². The molecule has 8 heteroatoms. The molecule has 0 radical (unpaired) electrons. The van der Waals surface area contributed by atoms with Gasteiger partial charge in [-0.1, -0.05) is 64.8 Å². The number of aliphatic hydroxyl groups excluding tert-OH is 2. The van der Waals surface area contributed by atoms with Gasteiger partial charge in [0.1, 0.15) is 5.75 Å². The third-order valence-corrected chi connectivity index (χ3v) is 9.66. The number of allylic oxidation sites excluding steroid dienone is 2. The molecule has 6 nitrogen and oxygen atoms in total. The van der Waals surface area contributed by atoms with Crippen LogP contribution >= 0.6 is 27.3 Å². The highest BCUT2D eigenvalue weighted by molar-refractivity contribution is 9.10. The van der Waals surface area contributed by atoms with Crippen LogP contribution in [0.4, 0.5) is 0 Å². The molecule has 0 unspecified atom stereocenters. The third kappa shape index (κ3) is 6.11. The van der Waals surface area contributed by atoms with Crippen LogP contribution in [0.25, 0.3) is 11.6 Å². The van der Waals surface area contributed by atoms with Gasteiger partial charge in [-0.2, -0.15) is 0 Å². The van der Waals surface area contributed by atoms with Gasteiger partial charge in [0.05, 0.1) is 31.1 Å². The van der Waals surface area contributed by atoms with E-state index in [1.54, 1.807) is 12.1 Å². The van der Waals surface area contributed by atoms with Crippen LogP contribution in [0.3, 0.4) is 0 Å². The Morgan fingerprint density at radius 3 is 2.59 bits per heavy atom. The Kier molecular flexibility index (Phi) is 9.24. The number of carbonyl (C=O) groups excluding carboxylic acids is 2. The van der Waals surface area contributed by atoms with Gasteiger partial charge in [0.15, 0.2) is 0 Å². The molecule has 1 aromatic heterocycles. The normalized spacial score (nSPS) is 21.9. The first kappa shape index (κ1) is 29.5. The number of carbonyl (C=O) groups is 2. The Morgan fingerprint density at radius 2 is 1.90 bits per heavy atom. The smallest absolute Gasteiger partial charge is 0.234 e. The van der Waals surface area contributed by atoms with Gasteiger partial charge in [0, 0.05) is 20.8 Å². The molecule has 3 N–H and O–H groups in total. The van der Waals surface area contributed by atoms with Crippen molar-refractivity contribution < 1.29 is 24.9 Å². The van der Waals surface area contributed by atoms with Crippen LogP contribution in [0.1, 0.15) is 48.6 Å². The average Bonchev–Trinajstić information content (AvgIpc) is 3.59. The molecule has 1 aliphatic heterocycles. The summed E-state index contributed by atoms with van der Waals surface area (Å²) in [5, 5.41) is 34.6. The van der Waals surface area contributed by atoms with Crippen LogP contribution in [0.5, 0.6) is 5.75 Å². The molecular formula is C33H34BrNO5S. The number of hydrogen-bond donors (Lipinski definition) is 3. The van der Waals surface area contributed by atoms with Crippen molar-refractivity contribution in [2.75, 3.05) is 6.61 Å². The number of benzene rings is 2. The quantitative estimate of drug-likeness (QED) is 0.136. The van der Waals surface area contributed by atoms with Gasteiger partial charge in [-0.3, -0.25) is 14.5 Å². The van der Waals surface area contributed by atoms with Gasteiger partial charge in [-0.15, -0.1) is 11.3 Å². The van der Waals surface area contributed by atoms with Gasteiger partial charge in [0.2, 0.25) is 11.8 Å². The second-order valence-corrected chi connectivity index (χ2v) is 12.6. The zero-order chi connectivity index (χ0) is 29.1. The average molecular weight is 637 g/mol. The molecular weight excluding hydrogens is 602 g/mol. The fraction of sp³-hybridized carbons (Fsp3) is 0.333. The Balaban J connectivity index is 1.41. The predicted octanol–water partition coefficient (Wildman–Crippen LogP) is 6.42. The second-order valence-electron chi connectivity index (χ2n) is 10.7. The van der Waals surface area contributed by atoms with Crippen LogP contribution in [-0.2, 0) is 16.1 Å². The minimum Gasteiger partial charge on any atom is -0.507 e. The first-order valence-corrected chi connectivity index (χ1v) is 15.6. The van der Waals surface area contributed by atoms with E-state index in [1.807, 2.05) is 66.9 Å². The summed E-state index contributed by atoms with van der Waals surface area (Å²) in [5.41, 5.74) is 4.24. The number of phenolic OH excluding ortho intramolecular Hbond substituents is 1. The summed E-state index contributed by atoms with van der Waals surface area (Å²) in [6.07, 6.45) is 2.96. The Bertz CT molecular complexity index is 1470. The lowest BCUT2D eigenvalue weighted by Crippen LogP contribution is -2.39. The lowest BCUT2D eigenvalue weighted by atomic mass is 9.67. The molecule has 41 heavy (non-hydrogen) atoms. The second kappa shape index (κ2) is 12.9. The molecule has 0 bridgehead atoms. The number of rotatable bonds is 10. The van der Waals surface area contributed by atoms with E-state index in [-0.39, 0.29) is 30.7 Å². The summed E-state index contributed by atoms with van der Waals surface area (Å²) in [5.74, 6) is -2.08. The van der Waals surface area contributed by atoms with E-state index in [0.717, 1.165) is 26.1 Å². The van der Waals surface area contributed by atoms with Crippen LogP contribution < -0.4 is 0 Å². The summed E-state index contributed by atoms with van der Waals surface area (Å²) >= 11 is 4.98.